The number of anilines is 2. The smallest absolute Gasteiger partial charge is 0.150 e. The van der Waals surface area contributed by atoms with Gasteiger partial charge in [-0.3, -0.25) is 0 Å². The van der Waals surface area contributed by atoms with Gasteiger partial charge in [0, 0.05) is 11.4 Å². The molecule has 0 spiro atoms. The molecule has 0 aliphatic carbocycles. The minimum atomic E-state index is -1.19. The lowest BCUT2D eigenvalue weighted by molar-refractivity contribution is 0.402. The van der Waals surface area contributed by atoms with Gasteiger partial charge in [-0.15, -0.1) is 0 Å². The van der Waals surface area contributed by atoms with Gasteiger partial charge in [-0.05, 0) is 35.4 Å². The third-order valence-corrected chi connectivity index (χ3v) is 2.41. The van der Waals surface area contributed by atoms with Gasteiger partial charge in [0.2, 0.25) is 0 Å². The van der Waals surface area contributed by atoms with Gasteiger partial charge in [0.1, 0.15) is 0 Å². The van der Waals surface area contributed by atoms with Crippen LogP contribution in [0.25, 0.3) is 0 Å². The summed E-state index contributed by atoms with van der Waals surface area (Å²) >= 11 is 0. The Hall–Kier alpha value is -2.03. The first kappa shape index (κ1) is 10.5. The maximum atomic E-state index is 14.1. The molecule has 0 aliphatic heterocycles. The van der Waals surface area contributed by atoms with Crippen LogP contribution in [-0.4, -0.2) is 0 Å². The van der Waals surface area contributed by atoms with Gasteiger partial charge < -0.3 is 11.5 Å². The molecule has 0 aliphatic rings. The van der Waals surface area contributed by atoms with Gasteiger partial charge in [-0.2, -0.15) is 0 Å². The van der Waals surface area contributed by atoms with Crippen LogP contribution in [0.1, 0.15) is 17.3 Å². The highest BCUT2D eigenvalue weighted by atomic mass is 19.1. The fourth-order valence-corrected chi connectivity index (χ4v) is 1.63. The molecule has 0 unspecified atom stereocenters. The van der Waals surface area contributed by atoms with Crippen molar-refractivity contribution in [3.05, 3.63) is 59.7 Å². The molecule has 2 aromatic rings. The van der Waals surface area contributed by atoms with E-state index in [0.717, 1.165) is 0 Å². The van der Waals surface area contributed by atoms with E-state index in [9.17, 15) is 4.39 Å². The molecule has 4 N–H and O–H groups in total. The van der Waals surface area contributed by atoms with Crippen molar-refractivity contribution in [1.29, 1.82) is 0 Å². The number of halogens is 1. The highest BCUT2D eigenvalue weighted by molar-refractivity contribution is 5.46. The summed E-state index contributed by atoms with van der Waals surface area (Å²) in [4.78, 5) is 0. The first-order chi connectivity index (χ1) is 7.66. The Balaban J connectivity index is 2.35. The summed E-state index contributed by atoms with van der Waals surface area (Å²) in [6.45, 7) is 0. The van der Waals surface area contributed by atoms with Crippen LogP contribution in [0.15, 0.2) is 48.5 Å². The van der Waals surface area contributed by atoms with Crippen LogP contribution in [0, 0.1) is 0 Å². The van der Waals surface area contributed by atoms with Crippen molar-refractivity contribution in [3.8, 4) is 0 Å². The topological polar surface area (TPSA) is 52.0 Å². The van der Waals surface area contributed by atoms with E-state index in [4.69, 9.17) is 11.5 Å². The Morgan fingerprint density at radius 2 is 1.25 bits per heavy atom. The van der Waals surface area contributed by atoms with Gasteiger partial charge in [0.05, 0.1) is 0 Å². The molecule has 2 nitrogen and oxygen atoms in total. The van der Waals surface area contributed by atoms with Crippen LogP contribution in [0.3, 0.4) is 0 Å². The number of nitrogens with two attached hydrogens (primary N) is 2. The maximum absolute atomic E-state index is 14.1. The van der Waals surface area contributed by atoms with Crippen molar-refractivity contribution < 1.29 is 4.39 Å². The highest BCUT2D eigenvalue weighted by Crippen LogP contribution is 2.28. The molecular weight excluding hydrogens is 203 g/mol. The molecule has 0 amide bonds. The predicted molar refractivity (Wildman–Crippen MR) is 64.7 cm³/mol. The molecule has 0 aromatic heterocycles. The molecule has 16 heavy (non-hydrogen) atoms. The Bertz CT molecular complexity index is 451. The summed E-state index contributed by atoms with van der Waals surface area (Å²) in [5, 5.41) is 0. The van der Waals surface area contributed by atoms with Crippen LogP contribution >= 0.6 is 0 Å². The molecule has 0 bridgehead atoms. The SMILES string of the molecule is Nc1cccc(C(F)c2cccc(N)c2)c1. The van der Waals surface area contributed by atoms with E-state index in [-0.39, 0.29) is 0 Å². The molecule has 82 valence electrons. The number of nitrogen functional groups attached to an aromatic ring is 2. The van der Waals surface area contributed by atoms with Crippen molar-refractivity contribution in [3.63, 3.8) is 0 Å². The van der Waals surface area contributed by atoms with Crippen molar-refractivity contribution in [2.45, 2.75) is 6.17 Å². The lowest BCUT2D eigenvalue weighted by Gasteiger charge is -2.10. The third-order valence-electron chi connectivity index (χ3n) is 2.41. The molecule has 0 saturated carbocycles. The second-order valence-electron chi connectivity index (χ2n) is 3.70. The van der Waals surface area contributed by atoms with Gasteiger partial charge in [0.15, 0.2) is 6.17 Å². The second-order valence-corrected chi connectivity index (χ2v) is 3.70. The monoisotopic (exact) mass is 216 g/mol. The number of hydrogen-bond acceptors (Lipinski definition) is 2. The summed E-state index contributed by atoms with van der Waals surface area (Å²) in [5.41, 5.74) is 13.4. The van der Waals surface area contributed by atoms with Crippen LogP contribution in [0.2, 0.25) is 0 Å². The highest BCUT2D eigenvalue weighted by Gasteiger charge is 2.12. The minimum absolute atomic E-state index is 0.547. The first-order valence-corrected chi connectivity index (χ1v) is 5.02. The molecule has 0 heterocycles. The Morgan fingerprint density at radius 3 is 1.62 bits per heavy atom. The lowest BCUT2D eigenvalue weighted by Crippen LogP contribution is -1.97. The number of rotatable bonds is 2. The molecule has 0 fully saturated rings. The molecule has 2 aromatic carbocycles. The van der Waals surface area contributed by atoms with Crippen LogP contribution in [0.4, 0.5) is 15.8 Å². The Labute approximate surface area is 93.7 Å². The van der Waals surface area contributed by atoms with E-state index < -0.39 is 6.17 Å². The van der Waals surface area contributed by atoms with E-state index >= 15 is 0 Å². The summed E-state index contributed by atoms with van der Waals surface area (Å²) in [6, 6.07) is 13.6. The second kappa shape index (κ2) is 4.23. The molecule has 0 saturated heterocycles. The molecule has 3 heteroatoms. The summed E-state index contributed by atoms with van der Waals surface area (Å²) in [6.07, 6.45) is -1.19. The van der Waals surface area contributed by atoms with Crippen LogP contribution < -0.4 is 11.5 Å². The quantitative estimate of drug-likeness (QED) is 0.758. The number of hydrogen-bond donors (Lipinski definition) is 2. The summed E-state index contributed by atoms with van der Waals surface area (Å²) in [7, 11) is 0. The van der Waals surface area contributed by atoms with Crippen molar-refractivity contribution in [2.24, 2.45) is 0 Å². The zero-order chi connectivity index (χ0) is 11.5. The average molecular weight is 216 g/mol. The van der Waals surface area contributed by atoms with E-state index in [1.165, 1.54) is 0 Å². The largest absolute Gasteiger partial charge is 0.399 e. The Kier molecular flexibility index (Phi) is 2.77. The van der Waals surface area contributed by atoms with E-state index in [2.05, 4.69) is 0 Å². The zero-order valence-electron chi connectivity index (χ0n) is 8.73. The van der Waals surface area contributed by atoms with E-state index in [0.29, 0.717) is 22.5 Å². The fraction of sp³-hybridized carbons (Fsp3) is 0.0769. The summed E-state index contributed by atoms with van der Waals surface area (Å²) < 4.78 is 14.1. The van der Waals surface area contributed by atoms with Gasteiger partial charge in [-0.25, -0.2) is 4.39 Å². The van der Waals surface area contributed by atoms with Crippen molar-refractivity contribution in [1.82, 2.24) is 0 Å². The first-order valence-electron chi connectivity index (χ1n) is 5.02. The minimum Gasteiger partial charge on any atom is -0.399 e. The molecular formula is C13H13FN2. The number of alkyl halides is 1. The van der Waals surface area contributed by atoms with Crippen molar-refractivity contribution >= 4 is 11.4 Å². The van der Waals surface area contributed by atoms with E-state index in [1.807, 2.05) is 0 Å². The van der Waals surface area contributed by atoms with E-state index in [1.54, 1.807) is 48.5 Å². The van der Waals surface area contributed by atoms with Crippen molar-refractivity contribution in [2.75, 3.05) is 11.5 Å². The molecule has 2 rings (SSSR count). The normalized spacial score (nSPS) is 10.6. The van der Waals surface area contributed by atoms with Gasteiger partial charge in [-0.1, -0.05) is 24.3 Å². The standard InChI is InChI=1S/C13H13FN2/c14-13(9-3-1-5-11(15)7-9)10-4-2-6-12(16)8-10/h1-8,13H,15-16H2. The third kappa shape index (κ3) is 2.14. The average Bonchev–Trinajstić information content (AvgIpc) is 2.28. The summed E-state index contributed by atoms with van der Waals surface area (Å²) in [5.74, 6) is 0. The number of benzene rings is 2. The van der Waals surface area contributed by atoms with Gasteiger partial charge >= 0.3 is 0 Å². The fourth-order valence-electron chi connectivity index (χ4n) is 1.63. The maximum Gasteiger partial charge on any atom is 0.150 e. The lowest BCUT2D eigenvalue weighted by atomic mass is 10.0. The Morgan fingerprint density at radius 1 is 0.812 bits per heavy atom. The predicted octanol–water partition coefficient (Wildman–Crippen LogP) is 2.91. The van der Waals surface area contributed by atoms with Gasteiger partial charge in [0.25, 0.3) is 0 Å². The zero-order valence-corrected chi connectivity index (χ0v) is 8.73. The van der Waals surface area contributed by atoms with Crippen LogP contribution in [-0.2, 0) is 0 Å². The van der Waals surface area contributed by atoms with Crippen LogP contribution in [0.5, 0.6) is 0 Å². The molecule has 0 radical (unpaired) electrons. The molecule has 0 atom stereocenters.